The highest BCUT2D eigenvalue weighted by Crippen LogP contribution is 2.18. The van der Waals surface area contributed by atoms with E-state index in [2.05, 4.69) is 29.2 Å². The maximum absolute atomic E-state index is 14.0. The van der Waals surface area contributed by atoms with Gasteiger partial charge in [0.1, 0.15) is 5.82 Å². The van der Waals surface area contributed by atoms with Gasteiger partial charge in [0.15, 0.2) is 0 Å². The molecule has 0 unspecified atom stereocenters. The Kier molecular flexibility index (Phi) is 3.98. The van der Waals surface area contributed by atoms with E-state index in [-0.39, 0.29) is 5.82 Å². The molecule has 0 spiro atoms. The van der Waals surface area contributed by atoms with Crippen LogP contribution in [0.4, 0.5) is 4.39 Å². The predicted molar refractivity (Wildman–Crippen MR) is 80.2 cm³/mol. The van der Waals surface area contributed by atoms with Gasteiger partial charge < -0.3 is 0 Å². The minimum absolute atomic E-state index is 0.282. The van der Waals surface area contributed by atoms with Crippen molar-refractivity contribution >= 4 is 0 Å². The Balaban J connectivity index is 1.71. The lowest BCUT2D eigenvalue weighted by Gasteiger charge is -2.20. The minimum atomic E-state index is -0.282. The number of rotatable bonds is 2. The maximum atomic E-state index is 14.0. The molecule has 0 aromatic heterocycles. The monoisotopic (exact) mass is 280 g/mol. The van der Waals surface area contributed by atoms with Crippen molar-refractivity contribution in [3.8, 4) is 6.07 Å². The molecular weight excluding hydrogens is 263 g/mol. The summed E-state index contributed by atoms with van der Waals surface area (Å²) in [6, 6.07) is 15.2. The van der Waals surface area contributed by atoms with E-state index in [1.54, 1.807) is 12.1 Å². The molecule has 1 heterocycles. The van der Waals surface area contributed by atoms with E-state index in [1.165, 1.54) is 17.2 Å². The molecule has 0 amide bonds. The van der Waals surface area contributed by atoms with Gasteiger partial charge in [0, 0.05) is 25.2 Å². The summed E-state index contributed by atoms with van der Waals surface area (Å²) in [6.45, 7) is 2.48. The van der Waals surface area contributed by atoms with Gasteiger partial charge in [0.2, 0.25) is 0 Å². The van der Waals surface area contributed by atoms with Crippen LogP contribution in [-0.4, -0.2) is 18.0 Å². The summed E-state index contributed by atoms with van der Waals surface area (Å²) in [6.07, 6.45) is 2.02. The van der Waals surface area contributed by atoms with Gasteiger partial charge in [-0.1, -0.05) is 30.3 Å². The Labute approximate surface area is 124 Å². The van der Waals surface area contributed by atoms with Crippen LogP contribution in [0.2, 0.25) is 0 Å². The van der Waals surface area contributed by atoms with Gasteiger partial charge in [-0.2, -0.15) is 5.26 Å². The highest BCUT2D eigenvalue weighted by Gasteiger charge is 2.15. The summed E-state index contributed by atoms with van der Waals surface area (Å²) >= 11 is 0. The second-order valence-corrected chi connectivity index (χ2v) is 5.46. The van der Waals surface area contributed by atoms with Crippen LogP contribution in [-0.2, 0) is 19.4 Å². The van der Waals surface area contributed by atoms with Crippen LogP contribution in [0.1, 0.15) is 22.3 Å². The van der Waals surface area contributed by atoms with Gasteiger partial charge in [-0.3, -0.25) is 4.90 Å². The number of nitriles is 1. The summed E-state index contributed by atoms with van der Waals surface area (Å²) in [5, 5.41) is 8.78. The third kappa shape index (κ3) is 3.12. The minimum Gasteiger partial charge on any atom is -0.298 e. The van der Waals surface area contributed by atoms with Crippen LogP contribution >= 0.6 is 0 Å². The van der Waals surface area contributed by atoms with Crippen molar-refractivity contribution in [1.82, 2.24) is 4.90 Å². The van der Waals surface area contributed by atoms with Crippen molar-refractivity contribution in [3.05, 3.63) is 70.5 Å². The molecule has 2 aromatic rings. The molecule has 0 bridgehead atoms. The summed E-state index contributed by atoms with van der Waals surface area (Å²) in [4.78, 5) is 2.28. The standard InChI is InChI=1S/C18H17FN2/c19-18-11-14(12-20)5-6-17(18)13-21-9-7-15-3-1-2-4-16(15)8-10-21/h1-6,11H,7-10,13H2. The molecule has 1 aliphatic rings. The van der Waals surface area contributed by atoms with Gasteiger partial charge in [0.05, 0.1) is 11.6 Å². The molecule has 3 rings (SSSR count). The predicted octanol–water partition coefficient (Wildman–Crippen LogP) is 3.30. The number of benzene rings is 2. The van der Waals surface area contributed by atoms with Crippen molar-refractivity contribution in [2.75, 3.05) is 13.1 Å². The number of hydrogen-bond acceptors (Lipinski definition) is 2. The Morgan fingerprint density at radius 1 is 1.05 bits per heavy atom. The fourth-order valence-electron chi connectivity index (χ4n) is 2.86. The molecule has 106 valence electrons. The number of nitrogens with zero attached hydrogens (tertiary/aromatic N) is 2. The first-order chi connectivity index (χ1) is 10.3. The zero-order valence-electron chi connectivity index (χ0n) is 11.8. The van der Waals surface area contributed by atoms with Crippen LogP contribution in [0, 0.1) is 17.1 Å². The van der Waals surface area contributed by atoms with Crippen molar-refractivity contribution in [3.63, 3.8) is 0 Å². The molecule has 3 heteroatoms. The van der Waals surface area contributed by atoms with Crippen molar-refractivity contribution in [2.45, 2.75) is 19.4 Å². The smallest absolute Gasteiger partial charge is 0.129 e. The zero-order valence-corrected chi connectivity index (χ0v) is 11.8. The first kappa shape index (κ1) is 13.8. The normalized spacial score (nSPS) is 15.0. The highest BCUT2D eigenvalue weighted by molar-refractivity contribution is 5.33. The van der Waals surface area contributed by atoms with Gasteiger partial charge in [0.25, 0.3) is 0 Å². The summed E-state index contributed by atoms with van der Waals surface area (Å²) in [5.74, 6) is -0.282. The average Bonchev–Trinajstić information content (AvgIpc) is 2.72. The molecule has 2 nitrogen and oxygen atoms in total. The Morgan fingerprint density at radius 3 is 2.29 bits per heavy atom. The van der Waals surface area contributed by atoms with Crippen LogP contribution < -0.4 is 0 Å². The number of hydrogen-bond donors (Lipinski definition) is 0. The molecule has 21 heavy (non-hydrogen) atoms. The van der Waals surface area contributed by atoms with Gasteiger partial charge in [-0.15, -0.1) is 0 Å². The van der Waals surface area contributed by atoms with E-state index in [9.17, 15) is 4.39 Å². The highest BCUT2D eigenvalue weighted by atomic mass is 19.1. The first-order valence-corrected chi connectivity index (χ1v) is 7.24. The Bertz CT molecular complexity index is 661. The van der Waals surface area contributed by atoms with Crippen LogP contribution in [0.3, 0.4) is 0 Å². The molecule has 0 atom stereocenters. The SMILES string of the molecule is N#Cc1ccc(CN2CCc3ccccc3CC2)c(F)c1. The zero-order chi connectivity index (χ0) is 14.7. The van der Waals surface area contributed by atoms with E-state index in [1.807, 2.05) is 6.07 Å². The molecule has 0 radical (unpaired) electrons. The molecule has 0 fully saturated rings. The van der Waals surface area contributed by atoms with Gasteiger partial charge >= 0.3 is 0 Å². The van der Waals surface area contributed by atoms with Crippen molar-refractivity contribution < 1.29 is 4.39 Å². The molecule has 0 N–H and O–H groups in total. The summed E-state index contributed by atoms with van der Waals surface area (Å²) in [7, 11) is 0. The Hall–Kier alpha value is -2.18. The van der Waals surface area contributed by atoms with Crippen LogP contribution in [0.5, 0.6) is 0 Å². The third-order valence-corrected chi connectivity index (χ3v) is 4.09. The molecule has 2 aromatic carbocycles. The van der Waals surface area contributed by atoms with Gasteiger partial charge in [-0.05, 0) is 36.1 Å². The van der Waals surface area contributed by atoms with E-state index in [0.29, 0.717) is 17.7 Å². The van der Waals surface area contributed by atoms with Crippen LogP contribution in [0.25, 0.3) is 0 Å². The maximum Gasteiger partial charge on any atom is 0.129 e. The lowest BCUT2D eigenvalue weighted by Crippen LogP contribution is -2.26. The Morgan fingerprint density at radius 2 is 1.71 bits per heavy atom. The van der Waals surface area contributed by atoms with Gasteiger partial charge in [-0.25, -0.2) is 4.39 Å². The van der Waals surface area contributed by atoms with Crippen LogP contribution in [0.15, 0.2) is 42.5 Å². The third-order valence-electron chi connectivity index (χ3n) is 4.09. The molecule has 0 saturated carbocycles. The average molecular weight is 280 g/mol. The topological polar surface area (TPSA) is 27.0 Å². The van der Waals surface area contributed by atoms with E-state index < -0.39 is 0 Å². The van der Waals surface area contributed by atoms with Crippen molar-refractivity contribution in [2.24, 2.45) is 0 Å². The van der Waals surface area contributed by atoms with E-state index in [4.69, 9.17) is 5.26 Å². The lowest BCUT2D eigenvalue weighted by atomic mass is 10.0. The quantitative estimate of drug-likeness (QED) is 0.844. The second-order valence-electron chi connectivity index (χ2n) is 5.46. The van der Waals surface area contributed by atoms with E-state index >= 15 is 0 Å². The fourth-order valence-corrected chi connectivity index (χ4v) is 2.86. The summed E-state index contributed by atoms with van der Waals surface area (Å²) in [5.41, 5.74) is 3.85. The fraction of sp³-hybridized carbons (Fsp3) is 0.278. The lowest BCUT2D eigenvalue weighted by molar-refractivity contribution is 0.275. The number of fused-ring (bicyclic) bond motifs is 1. The second kappa shape index (κ2) is 6.07. The van der Waals surface area contributed by atoms with E-state index in [0.717, 1.165) is 25.9 Å². The first-order valence-electron chi connectivity index (χ1n) is 7.24. The largest absolute Gasteiger partial charge is 0.298 e. The molecule has 0 saturated heterocycles. The summed E-state index contributed by atoms with van der Waals surface area (Å²) < 4.78 is 14.0. The molecular formula is C18H17FN2. The number of halogens is 1. The molecule has 1 aliphatic heterocycles. The van der Waals surface area contributed by atoms with Crippen molar-refractivity contribution in [1.29, 1.82) is 5.26 Å². The molecule has 0 aliphatic carbocycles.